The Bertz CT molecular complexity index is 1520. The number of halogens is 1. The first-order valence-corrected chi connectivity index (χ1v) is 16.6. The Labute approximate surface area is 267 Å². The summed E-state index contributed by atoms with van der Waals surface area (Å²) in [4.78, 5) is 36.8. The van der Waals surface area contributed by atoms with E-state index in [4.69, 9.17) is 4.74 Å². The molecule has 1 atom stereocenters. The third kappa shape index (κ3) is 7.51. The van der Waals surface area contributed by atoms with Gasteiger partial charge >= 0.3 is 6.09 Å². The van der Waals surface area contributed by atoms with Gasteiger partial charge in [-0.3, -0.25) is 9.78 Å². The molecule has 244 valence electrons. The van der Waals surface area contributed by atoms with Crippen molar-refractivity contribution in [1.29, 1.82) is 0 Å². The van der Waals surface area contributed by atoms with Gasteiger partial charge in [0.05, 0.1) is 23.0 Å². The van der Waals surface area contributed by atoms with E-state index in [1.165, 1.54) is 17.7 Å². The van der Waals surface area contributed by atoms with Crippen molar-refractivity contribution >= 4 is 22.9 Å². The summed E-state index contributed by atoms with van der Waals surface area (Å²) in [5.74, 6) is 0.508. The number of pyridine rings is 1. The van der Waals surface area contributed by atoms with Gasteiger partial charge in [-0.15, -0.1) is 0 Å². The minimum atomic E-state index is -0.470. The normalized spacial score (nSPS) is 18.2. The van der Waals surface area contributed by atoms with E-state index in [-0.39, 0.29) is 18.0 Å². The van der Waals surface area contributed by atoms with Crippen molar-refractivity contribution in [2.45, 2.75) is 85.8 Å². The molecule has 2 saturated heterocycles. The van der Waals surface area contributed by atoms with E-state index in [1.54, 1.807) is 11.0 Å². The Hall–Kier alpha value is -3.46. The van der Waals surface area contributed by atoms with Gasteiger partial charge in [-0.05, 0) is 122 Å². The van der Waals surface area contributed by atoms with Crippen molar-refractivity contribution < 1.29 is 18.7 Å². The van der Waals surface area contributed by atoms with Crippen molar-refractivity contribution in [3.05, 3.63) is 59.3 Å². The molecule has 0 radical (unpaired) electrons. The summed E-state index contributed by atoms with van der Waals surface area (Å²) in [6.07, 6.45) is 9.77. The first-order chi connectivity index (χ1) is 21.3. The number of benzene rings is 1. The zero-order valence-corrected chi connectivity index (χ0v) is 28.1. The van der Waals surface area contributed by atoms with Crippen LogP contribution in [0.2, 0.25) is 0 Å². The number of hydrogen-bond acceptors (Lipinski definition) is 5. The maximum absolute atomic E-state index is 14.5. The van der Waals surface area contributed by atoms with Crippen molar-refractivity contribution in [3.63, 3.8) is 0 Å². The van der Waals surface area contributed by atoms with Gasteiger partial charge in [0.15, 0.2) is 0 Å². The van der Waals surface area contributed by atoms with E-state index < -0.39 is 11.4 Å². The van der Waals surface area contributed by atoms with Crippen LogP contribution in [0.25, 0.3) is 16.6 Å². The number of amides is 2. The Morgan fingerprint density at radius 3 is 2.47 bits per heavy atom. The number of ether oxygens (including phenoxy) is 1. The van der Waals surface area contributed by atoms with Crippen molar-refractivity contribution in [2.75, 3.05) is 39.3 Å². The van der Waals surface area contributed by atoms with Crippen molar-refractivity contribution in [1.82, 2.24) is 24.3 Å². The van der Waals surface area contributed by atoms with E-state index in [9.17, 15) is 14.0 Å². The lowest BCUT2D eigenvalue weighted by molar-refractivity contribution is 0.0172. The Morgan fingerprint density at radius 1 is 1.09 bits per heavy atom. The lowest BCUT2D eigenvalue weighted by Gasteiger charge is -2.34. The lowest BCUT2D eigenvalue weighted by Crippen LogP contribution is -2.43. The topological polar surface area (TPSA) is 70.9 Å². The van der Waals surface area contributed by atoms with Crippen LogP contribution < -0.4 is 0 Å². The van der Waals surface area contributed by atoms with Crippen LogP contribution in [-0.2, 0) is 11.2 Å². The zero-order chi connectivity index (χ0) is 32.5. The summed E-state index contributed by atoms with van der Waals surface area (Å²) in [5.41, 5.74) is 3.84. The molecule has 5 rings (SSSR count). The van der Waals surface area contributed by atoms with Crippen LogP contribution in [0.3, 0.4) is 0 Å². The fourth-order valence-electron chi connectivity index (χ4n) is 7.13. The second kappa shape index (κ2) is 13.5. The summed E-state index contributed by atoms with van der Waals surface area (Å²) in [5, 5.41) is 1.16. The highest BCUT2D eigenvalue weighted by Gasteiger charge is 2.31. The van der Waals surface area contributed by atoms with Gasteiger partial charge in [0.2, 0.25) is 0 Å². The average molecular weight is 620 g/mol. The zero-order valence-electron chi connectivity index (χ0n) is 28.1. The summed E-state index contributed by atoms with van der Waals surface area (Å²) in [6, 6.07) is 4.51. The number of aryl methyl sites for hydroxylation is 1. The van der Waals surface area contributed by atoms with Crippen LogP contribution in [0.5, 0.6) is 0 Å². The maximum Gasteiger partial charge on any atom is 0.410 e. The maximum atomic E-state index is 14.5. The smallest absolute Gasteiger partial charge is 0.410 e. The molecule has 3 aromatic rings. The standard InChI is InChI=1S/C36H50FN5O3/c1-8-41(24(2)3)34(43)30-18-29(37)9-10-31(30)42-23-28(33-25(4)19-38-20-32(33)42)17-27-11-14-39(22-27)21-26-12-15-40(16-13-26)35(44)45-36(5,6)7/h9-10,18-20,23-24,26-27H,8,11-17,21-22H2,1-7H3/t27-/m0/s1. The molecule has 0 bridgehead atoms. The van der Waals surface area contributed by atoms with Crippen molar-refractivity contribution in [3.8, 4) is 5.69 Å². The van der Waals surface area contributed by atoms with Gasteiger partial charge in [0.1, 0.15) is 11.4 Å². The molecule has 9 heteroatoms. The van der Waals surface area contributed by atoms with Gasteiger partial charge in [-0.1, -0.05) is 0 Å². The van der Waals surface area contributed by atoms with E-state index >= 15 is 0 Å². The molecule has 45 heavy (non-hydrogen) atoms. The SMILES string of the molecule is CCN(C(=O)c1cc(F)ccc1-n1cc(C[C@@H]2CCN(CC3CCN(C(=O)OC(C)(C)C)CC3)C2)c2c(C)cncc21)C(C)C. The van der Waals surface area contributed by atoms with Gasteiger partial charge in [0, 0.05) is 56.5 Å². The monoisotopic (exact) mass is 619 g/mol. The third-order valence-electron chi connectivity index (χ3n) is 9.32. The molecule has 2 amide bonds. The Balaban J connectivity index is 1.30. The van der Waals surface area contributed by atoms with Gasteiger partial charge in [-0.25, -0.2) is 9.18 Å². The highest BCUT2D eigenvalue weighted by atomic mass is 19.1. The van der Waals surface area contributed by atoms with E-state index in [0.29, 0.717) is 29.6 Å². The number of nitrogens with zero attached hydrogens (tertiary/aromatic N) is 5. The number of fused-ring (bicyclic) bond motifs is 1. The number of likely N-dealkylation sites (tertiary alicyclic amines) is 2. The van der Waals surface area contributed by atoms with Gasteiger partial charge in [-0.2, -0.15) is 0 Å². The number of hydrogen-bond donors (Lipinski definition) is 0. The van der Waals surface area contributed by atoms with E-state index in [1.807, 2.05) is 63.4 Å². The largest absolute Gasteiger partial charge is 0.444 e. The van der Waals surface area contributed by atoms with Crippen molar-refractivity contribution in [2.24, 2.45) is 11.8 Å². The molecule has 1 aromatic carbocycles. The Kier molecular flexibility index (Phi) is 9.87. The molecule has 2 aliphatic heterocycles. The molecular formula is C36H50FN5O3. The number of rotatable bonds is 8. The summed E-state index contributed by atoms with van der Waals surface area (Å²) >= 11 is 0. The van der Waals surface area contributed by atoms with E-state index in [2.05, 4.69) is 23.0 Å². The number of aromatic nitrogens is 2. The number of carbonyl (C=O) groups excluding carboxylic acids is 2. The van der Waals surface area contributed by atoms with Gasteiger partial charge in [0.25, 0.3) is 5.91 Å². The lowest BCUT2D eigenvalue weighted by atomic mass is 9.96. The molecule has 2 aliphatic rings. The molecule has 8 nitrogen and oxygen atoms in total. The molecule has 2 fully saturated rings. The average Bonchev–Trinajstić information content (AvgIpc) is 3.57. The van der Waals surface area contributed by atoms with Crippen LogP contribution in [-0.4, -0.2) is 87.2 Å². The first-order valence-electron chi connectivity index (χ1n) is 16.6. The molecule has 2 aromatic heterocycles. The quantitative estimate of drug-likeness (QED) is 0.276. The minimum absolute atomic E-state index is 0.00216. The summed E-state index contributed by atoms with van der Waals surface area (Å²) in [6.45, 7) is 19.0. The predicted molar refractivity (Wildman–Crippen MR) is 176 cm³/mol. The van der Waals surface area contributed by atoms with Crippen LogP contribution in [0.15, 0.2) is 36.8 Å². The molecule has 0 aliphatic carbocycles. The first kappa shape index (κ1) is 32.9. The predicted octanol–water partition coefficient (Wildman–Crippen LogP) is 6.86. The fourth-order valence-corrected chi connectivity index (χ4v) is 7.13. The highest BCUT2D eigenvalue weighted by Crippen LogP contribution is 2.33. The van der Waals surface area contributed by atoms with Crippen LogP contribution >= 0.6 is 0 Å². The number of piperidine rings is 1. The molecule has 4 heterocycles. The Morgan fingerprint density at radius 2 is 1.80 bits per heavy atom. The van der Waals surface area contributed by atoms with Crippen LogP contribution in [0.4, 0.5) is 9.18 Å². The number of carbonyl (C=O) groups is 2. The fraction of sp³-hybridized carbons (Fsp3) is 0.583. The molecule has 0 saturated carbocycles. The molecule has 0 spiro atoms. The third-order valence-corrected chi connectivity index (χ3v) is 9.32. The van der Waals surface area contributed by atoms with Crippen LogP contribution in [0.1, 0.15) is 82.3 Å². The molecular weight excluding hydrogens is 569 g/mol. The van der Waals surface area contributed by atoms with Crippen LogP contribution in [0, 0.1) is 24.6 Å². The second-order valence-electron chi connectivity index (χ2n) is 14.3. The molecule has 0 unspecified atom stereocenters. The van der Waals surface area contributed by atoms with E-state index in [0.717, 1.165) is 74.9 Å². The van der Waals surface area contributed by atoms with Gasteiger partial charge < -0.3 is 24.0 Å². The highest BCUT2D eigenvalue weighted by molar-refractivity contribution is 5.99. The summed E-state index contributed by atoms with van der Waals surface area (Å²) < 4.78 is 22.2. The minimum Gasteiger partial charge on any atom is -0.444 e. The molecule has 0 N–H and O–H groups in total. The summed E-state index contributed by atoms with van der Waals surface area (Å²) in [7, 11) is 0. The second-order valence-corrected chi connectivity index (χ2v) is 14.3.